The van der Waals surface area contributed by atoms with E-state index in [-0.39, 0.29) is 16.9 Å². The monoisotopic (exact) mass is 493 g/mol. The summed E-state index contributed by atoms with van der Waals surface area (Å²) in [4.78, 5) is 27.6. The Kier molecular flexibility index (Phi) is 7.96. The summed E-state index contributed by atoms with van der Waals surface area (Å²) < 4.78 is 16.0. The number of fused-ring (bicyclic) bond motifs is 1. The topological polar surface area (TPSA) is 93.0 Å². The van der Waals surface area contributed by atoms with Crippen molar-refractivity contribution in [2.45, 2.75) is 39.0 Å². The van der Waals surface area contributed by atoms with Gasteiger partial charge >= 0.3 is 12.0 Å². The first-order valence-electron chi connectivity index (χ1n) is 12.4. The lowest BCUT2D eigenvalue weighted by molar-refractivity contribution is 0.0375. The summed E-state index contributed by atoms with van der Waals surface area (Å²) in [7, 11) is 1.28. The number of ether oxygens (including phenoxy) is 2. The van der Waals surface area contributed by atoms with Crippen molar-refractivity contribution in [2.75, 3.05) is 50.6 Å². The zero-order valence-electron chi connectivity index (χ0n) is 21.5. The molecule has 8 nitrogen and oxygen atoms in total. The molecule has 0 aliphatic carbocycles. The number of benzene rings is 2. The highest BCUT2D eigenvalue weighted by Gasteiger charge is 2.26. The number of anilines is 2. The Morgan fingerprint density at radius 3 is 2.39 bits per heavy atom. The minimum absolute atomic E-state index is 0.0296. The Hall–Kier alpha value is -3.36. The zero-order chi connectivity index (χ0) is 25.7. The van der Waals surface area contributed by atoms with E-state index in [2.05, 4.69) is 27.7 Å². The van der Waals surface area contributed by atoms with Gasteiger partial charge in [0.05, 0.1) is 31.7 Å². The zero-order valence-corrected chi connectivity index (χ0v) is 21.5. The largest absolute Gasteiger partial charge is 0.463 e. The van der Waals surface area contributed by atoms with Crippen molar-refractivity contribution in [3.63, 3.8) is 0 Å². The van der Waals surface area contributed by atoms with Crippen molar-refractivity contribution in [1.82, 2.24) is 4.90 Å². The lowest BCUT2D eigenvalue weighted by Gasteiger charge is -2.26. The van der Waals surface area contributed by atoms with Crippen LogP contribution in [0.3, 0.4) is 0 Å². The highest BCUT2D eigenvalue weighted by molar-refractivity contribution is 6.08. The third-order valence-electron chi connectivity index (χ3n) is 6.38. The first-order chi connectivity index (χ1) is 17.3. The number of morpholine rings is 1. The first kappa shape index (κ1) is 25.7. The van der Waals surface area contributed by atoms with E-state index < -0.39 is 12.0 Å². The molecule has 192 valence electrons. The van der Waals surface area contributed by atoms with Gasteiger partial charge in [-0.05, 0) is 36.4 Å². The molecule has 1 aromatic heterocycles. The minimum atomic E-state index is -0.646. The quantitative estimate of drug-likeness (QED) is 0.427. The molecule has 0 unspecified atom stereocenters. The maximum absolute atomic E-state index is 12.9. The predicted molar refractivity (Wildman–Crippen MR) is 141 cm³/mol. The molecule has 2 aromatic carbocycles. The fourth-order valence-corrected chi connectivity index (χ4v) is 4.38. The molecule has 0 spiro atoms. The number of nitrogens with one attached hydrogen (secondary N) is 2. The van der Waals surface area contributed by atoms with E-state index >= 15 is 0 Å². The second kappa shape index (κ2) is 11.1. The van der Waals surface area contributed by atoms with Crippen molar-refractivity contribution in [3.8, 4) is 0 Å². The van der Waals surface area contributed by atoms with Gasteiger partial charge in [-0.2, -0.15) is 0 Å². The molecular weight excluding hydrogens is 458 g/mol. The molecule has 2 N–H and O–H groups in total. The maximum atomic E-state index is 12.9. The average Bonchev–Trinajstić information content (AvgIpc) is 3.29. The molecule has 2 amide bonds. The van der Waals surface area contributed by atoms with Crippen LogP contribution in [0, 0.1) is 0 Å². The van der Waals surface area contributed by atoms with Crippen LogP contribution in [0.15, 0.2) is 46.9 Å². The van der Waals surface area contributed by atoms with Crippen LogP contribution in [0.5, 0.6) is 0 Å². The molecule has 3 aromatic rings. The van der Waals surface area contributed by atoms with E-state index in [1.165, 1.54) is 12.7 Å². The summed E-state index contributed by atoms with van der Waals surface area (Å²) in [6.07, 6.45) is 2.02. The number of carbonyl (C=O) groups excluding carboxylic acids is 2. The van der Waals surface area contributed by atoms with Crippen molar-refractivity contribution in [1.29, 1.82) is 0 Å². The van der Waals surface area contributed by atoms with Crippen molar-refractivity contribution >= 4 is 34.1 Å². The van der Waals surface area contributed by atoms with Gasteiger partial charge in [0.15, 0.2) is 0 Å². The van der Waals surface area contributed by atoms with Gasteiger partial charge in [-0.25, -0.2) is 9.59 Å². The summed E-state index contributed by atoms with van der Waals surface area (Å²) in [6.45, 7) is 10.5. The van der Waals surface area contributed by atoms with Crippen LogP contribution in [0.4, 0.5) is 16.2 Å². The number of aryl methyl sites for hydroxylation is 1. The molecule has 1 aliphatic rings. The minimum Gasteiger partial charge on any atom is -0.463 e. The molecular formula is C28H35N3O5. The van der Waals surface area contributed by atoms with E-state index in [0.717, 1.165) is 56.5 Å². The molecule has 0 radical (unpaired) electrons. The SMILES string of the molecule is COC(=O)c1oc(C(C)(C)C)cc1NC(=O)Nc1ccc(CCCN2CCOCC2)c2ccccc12. The van der Waals surface area contributed by atoms with Crippen molar-refractivity contribution < 1.29 is 23.5 Å². The van der Waals surface area contributed by atoms with Crippen LogP contribution in [0.1, 0.15) is 49.1 Å². The highest BCUT2D eigenvalue weighted by Crippen LogP contribution is 2.32. The van der Waals surface area contributed by atoms with E-state index in [1.807, 2.05) is 45.0 Å². The average molecular weight is 494 g/mol. The summed E-state index contributed by atoms with van der Waals surface area (Å²) in [5.41, 5.74) is 1.88. The van der Waals surface area contributed by atoms with Gasteiger partial charge in [0.25, 0.3) is 0 Å². The van der Waals surface area contributed by atoms with Crippen LogP contribution in [0.25, 0.3) is 10.8 Å². The van der Waals surface area contributed by atoms with E-state index in [9.17, 15) is 9.59 Å². The number of methoxy groups -OCH3 is 1. The lowest BCUT2D eigenvalue weighted by Crippen LogP contribution is -2.36. The number of furan rings is 1. The van der Waals surface area contributed by atoms with Gasteiger partial charge in [-0.3, -0.25) is 4.90 Å². The van der Waals surface area contributed by atoms with Crippen LogP contribution >= 0.6 is 0 Å². The van der Waals surface area contributed by atoms with Crippen LogP contribution in [-0.2, 0) is 21.3 Å². The summed E-state index contributed by atoms with van der Waals surface area (Å²) in [5, 5.41) is 7.77. The van der Waals surface area contributed by atoms with Gasteiger partial charge in [0.1, 0.15) is 5.76 Å². The molecule has 1 fully saturated rings. The number of amides is 2. The molecule has 8 heteroatoms. The Morgan fingerprint density at radius 1 is 1.00 bits per heavy atom. The second-order valence-electron chi connectivity index (χ2n) is 10.0. The van der Waals surface area contributed by atoms with Gasteiger partial charge in [-0.15, -0.1) is 0 Å². The fraction of sp³-hybridized carbons (Fsp3) is 0.429. The van der Waals surface area contributed by atoms with Gasteiger partial charge in [0, 0.05) is 30.0 Å². The number of urea groups is 1. The number of hydrogen-bond donors (Lipinski definition) is 2. The molecule has 4 rings (SSSR count). The Bertz CT molecular complexity index is 1220. The van der Waals surface area contributed by atoms with Gasteiger partial charge in [0.2, 0.25) is 5.76 Å². The van der Waals surface area contributed by atoms with Gasteiger partial charge in [-0.1, -0.05) is 51.1 Å². The van der Waals surface area contributed by atoms with Crippen molar-refractivity contribution in [3.05, 3.63) is 59.5 Å². The predicted octanol–water partition coefficient (Wildman–Crippen LogP) is 5.43. The van der Waals surface area contributed by atoms with Crippen molar-refractivity contribution in [2.24, 2.45) is 0 Å². The summed E-state index contributed by atoms with van der Waals surface area (Å²) >= 11 is 0. The van der Waals surface area contributed by atoms with Crippen LogP contribution in [0.2, 0.25) is 0 Å². The van der Waals surface area contributed by atoms with Crippen LogP contribution < -0.4 is 10.6 Å². The number of esters is 1. The standard InChI is InChI=1S/C28H35N3O5/c1-28(2,3)24-18-23(25(36-24)26(32)34-4)30-27(33)29-22-12-11-19(20-9-5-6-10-21(20)22)8-7-13-31-14-16-35-17-15-31/h5-6,9-12,18H,7-8,13-17H2,1-4H3,(H2,29,30,33). The fourth-order valence-electron chi connectivity index (χ4n) is 4.38. The first-order valence-corrected chi connectivity index (χ1v) is 12.4. The number of rotatable bonds is 7. The van der Waals surface area contributed by atoms with E-state index in [1.54, 1.807) is 6.07 Å². The molecule has 0 atom stereocenters. The molecule has 36 heavy (non-hydrogen) atoms. The third-order valence-corrected chi connectivity index (χ3v) is 6.38. The second-order valence-corrected chi connectivity index (χ2v) is 10.0. The molecule has 1 saturated heterocycles. The normalized spacial score (nSPS) is 14.6. The lowest BCUT2D eigenvalue weighted by atomic mass is 9.93. The smallest absolute Gasteiger partial charge is 0.376 e. The van der Waals surface area contributed by atoms with Gasteiger partial charge < -0.3 is 24.5 Å². The molecule has 2 heterocycles. The van der Waals surface area contributed by atoms with Crippen LogP contribution in [-0.4, -0.2) is 56.9 Å². The van der Waals surface area contributed by atoms with E-state index in [0.29, 0.717) is 11.4 Å². The third kappa shape index (κ3) is 6.06. The number of hydrogen-bond acceptors (Lipinski definition) is 6. The number of carbonyl (C=O) groups is 2. The maximum Gasteiger partial charge on any atom is 0.376 e. The molecule has 1 aliphatic heterocycles. The Balaban J connectivity index is 1.48. The summed E-state index contributed by atoms with van der Waals surface area (Å²) in [5.74, 6) is -0.101. The molecule has 0 saturated carbocycles. The van der Waals surface area contributed by atoms with E-state index in [4.69, 9.17) is 13.9 Å². The number of nitrogens with zero attached hydrogens (tertiary/aromatic N) is 1. The highest BCUT2D eigenvalue weighted by atomic mass is 16.5. The summed E-state index contributed by atoms with van der Waals surface area (Å²) in [6, 6.07) is 13.3. The molecule has 0 bridgehead atoms. The Morgan fingerprint density at radius 2 is 1.69 bits per heavy atom. The Labute approximate surface area is 211 Å².